The topological polar surface area (TPSA) is 9.23 Å². The molecule has 1 heteroatoms. The molecule has 1 unspecified atom stereocenters. The maximum Gasteiger partial charge on any atom is 0.118 e. The number of hydrogen-bond acceptors (Lipinski definition) is 1. The van der Waals surface area contributed by atoms with Gasteiger partial charge in [-0.15, -0.1) is 0 Å². The van der Waals surface area contributed by atoms with Gasteiger partial charge in [-0.3, -0.25) is 0 Å². The first-order chi connectivity index (χ1) is 4.86. The van der Waals surface area contributed by atoms with E-state index >= 15 is 0 Å². The molecule has 54 valence electrons. The second-order valence-corrected chi connectivity index (χ2v) is 3.01. The number of fused-ring (bicyclic) bond motifs is 1. The van der Waals surface area contributed by atoms with Crippen LogP contribution in [-0.2, 0) is 4.74 Å². The highest BCUT2D eigenvalue weighted by Gasteiger charge is 2.22. The lowest BCUT2D eigenvalue weighted by Crippen LogP contribution is -1.94. The number of ether oxygens (including phenoxy) is 1. The lowest BCUT2D eigenvalue weighted by Gasteiger charge is -2.05. The summed E-state index contributed by atoms with van der Waals surface area (Å²) in [5.41, 5.74) is 1.43. The summed E-state index contributed by atoms with van der Waals surface area (Å²) < 4.78 is 5.56. The Hall–Kier alpha value is -0.720. The zero-order chi connectivity index (χ0) is 6.97. The zero-order valence-electron chi connectivity index (χ0n) is 6.26. The molecule has 1 fully saturated rings. The van der Waals surface area contributed by atoms with E-state index in [2.05, 4.69) is 19.1 Å². The van der Waals surface area contributed by atoms with Crippen molar-refractivity contribution in [3.8, 4) is 0 Å². The normalized spacial score (nSPS) is 30.3. The fourth-order valence-corrected chi connectivity index (χ4v) is 1.58. The van der Waals surface area contributed by atoms with Gasteiger partial charge >= 0.3 is 0 Å². The maximum absolute atomic E-state index is 5.56. The third-order valence-electron chi connectivity index (χ3n) is 2.04. The molecule has 1 aliphatic heterocycles. The molecule has 0 aromatic rings. The Kier molecular flexibility index (Phi) is 1.30. The van der Waals surface area contributed by atoms with Crippen molar-refractivity contribution in [2.45, 2.75) is 32.3 Å². The third-order valence-corrected chi connectivity index (χ3v) is 2.04. The van der Waals surface area contributed by atoms with Crippen molar-refractivity contribution in [1.29, 1.82) is 0 Å². The van der Waals surface area contributed by atoms with Crippen molar-refractivity contribution < 1.29 is 4.74 Å². The maximum atomic E-state index is 5.56. The lowest BCUT2D eigenvalue weighted by molar-refractivity contribution is 0.177. The monoisotopic (exact) mass is 136 g/mol. The highest BCUT2D eigenvalue weighted by Crippen LogP contribution is 2.32. The van der Waals surface area contributed by atoms with Crippen molar-refractivity contribution in [1.82, 2.24) is 0 Å². The van der Waals surface area contributed by atoms with E-state index in [4.69, 9.17) is 4.74 Å². The summed E-state index contributed by atoms with van der Waals surface area (Å²) in [5, 5.41) is 0. The molecular weight excluding hydrogens is 124 g/mol. The molecule has 1 saturated heterocycles. The van der Waals surface area contributed by atoms with E-state index in [1.807, 2.05) is 0 Å². The largest absolute Gasteiger partial charge is 0.490 e. The predicted molar refractivity (Wildman–Crippen MR) is 40.6 cm³/mol. The molecule has 0 N–H and O–H groups in total. The van der Waals surface area contributed by atoms with Crippen LogP contribution in [0.25, 0.3) is 0 Å². The van der Waals surface area contributed by atoms with E-state index < -0.39 is 0 Å². The molecule has 0 bridgehead atoms. The minimum atomic E-state index is 0.413. The van der Waals surface area contributed by atoms with Crippen molar-refractivity contribution in [2.24, 2.45) is 0 Å². The van der Waals surface area contributed by atoms with Crippen molar-refractivity contribution >= 4 is 0 Å². The summed E-state index contributed by atoms with van der Waals surface area (Å²) >= 11 is 0. The average Bonchev–Trinajstić information content (AvgIpc) is 2.27. The van der Waals surface area contributed by atoms with Crippen molar-refractivity contribution in [2.75, 3.05) is 0 Å². The minimum absolute atomic E-state index is 0.413. The standard InChI is InChI=1S/C9H12O/c1-7-6-8-4-2-3-5-9(8)10-7/h4-5,7H,2-3,6H2,1H3. The van der Waals surface area contributed by atoms with Crippen molar-refractivity contribution in [3.05, 3.63) is 23.5 Å². The molecule has 0 aromatic carbocycles. The molecule has 10 heavy (non-hydrogen) atoms. The van der Waals surface area contributed by atoms with Crippen LogP contribution in [-0.4, -0.2) is 6.10 Å². The fourth-order valence-electron chi connectivity index (χ4n) is 1.58. The van der Waals surface area contributed by atoms with E-state index in [1.165, 1.54) is 12.0 Å². The molecule has 2 rings (SSSR count). The molecule has 1 aliphatic carbocycles. The molecule has 1 nitrogen and oxygen atoms in total. The van der Waals surface area contributed by atoms with Crippen LogP contribution in [0.5, 0.6) is 0 Å². The van der Waals surface area contributed by atoms with Gasteiger partial charge in [0.1, 0.15) is 11.9 Å². The summed E-state index contributed by atoms with van der Waals surface area (Å²) in [6.45, 7) is 2.12. The van der Waals surface area contributed by atoms with Gasteiger partial charge in [0.05, 0.1) is 0 Å². The molecule has 0 aromatic heterocycles. The Morgan fingerprint density at radius 1 is 1.40 bits per heavy atom. The number of hydrogen-bond donors (Lipinski definition) is 0. The lowest BCUT2D eigenvalue weighted by atomic mass is 10.0. The highest BCUT2D eigenvalue weighted by molar-refractivity contribution is 5.32. The summed E-state index contributed by atoms with van der Waals surface area (Å²) in [4.78, 5) is 0. The van der Waals surface area contributed by atoms with E-state index in [-0.39, 0.29) is 0 Å². The Morgan fingerprint density at radius 3 is 3.00 bits per heavy atom. The van der Waals surface area contributed by atoms with Crippen LogP contribution in [0.2, 0.25) is 0 Å². The van der Waals surface area contributed by atoms with Crippen LogP contribution in [0.1, 0.15) is 26.2 Å². The number of rotatable bonds is 0. The Morgan fingerprint density at radius 2 is 2.20 bits per heavy atom. The van der Waals surface area contributed by atoms with Gasteiger partial charge in [-0.2, -0.15) is 0 Å². The van der Waals surface area contributed by atoms with Crippen LogP contribution in [0.3, 0.4) is 0 Å². The van der Waals surface area contributed by atoms with Gasteiger partial charge in [0.25, 0.3) is 0 Å². The Bertz CT molecular complexity index is 179. The second-order valence-electron chi connectivity index (χ2n) is 3.01. The number of allylic oxidation sites excluding steroid dienone is 3. The highest BCUT2D eigenvalue weighted by atomic mass is 16.5. The van der Waals surface area contributed by atoms with E-state index in [1.54, 1.807) is 0 Å². The summed E-state index contributed by atoms with van der Waals surface area (Å²) in [6.07, 6.45) is 8.40. The van der Waals surface area contributed by atoms with Crippen LogP contribution in [0.15, 0.2) is 23.5 Å². The molecule has 1 atom stereocenters. The molecule has 0 saturated carbocycles. The van der Waals surface area contributed by atoms with Gasteiger partial charge in [0, 0.05) is 6.42 Å². The quantitative estimate of drug-likeness (QED) is 0.497. The minimum Gasteiger partial charge on any atom is -0.490 e. The van der Waals surface area contributed by atoms with Crippen molar-refractivity contribution in [3.63, 3.8) is 0 Å². The average molecular weight is 136 g/mol. The van der Waals surface area contributed by atoms with Gasteiger partial charge in [-0.25, -0.2) is 0 Å². The molecule has 0 radical (unpaired) electrons. The van der Waals surface area contributed by atoms with E-state index in [9.17, 15) is 0 Å². The molecular formula is C9H12O. The van der Waals surface area contributed by atoms with Gasteiger partial charge in [0.2, 0.25) is 0 Å². The molecule has 2 aliphatic rings. The first kappa shape index (κ1) is 6.02. The van der Waals surface area contributed by atoms with Crippen LogP contribution >= 0.6 is 0 Å². The Labute approximate surface area is 61.4 Å². The SMILES string of the molecule is CC1CC2=CCCC=C2O1. The van der Waals surface area contributed by atoms with E-state index in [0.717, 1.165) is 18.6 Å². The summed E-state index contributed by atoms with van der Waals surface area (Å²) in [6, 6.07) is 0. The molecule has 0 spiro atoms. The van der Waals surface area contributed by atoms with Gasteiger partial charge in [0.15, 0.2) is 0 Å². The van der Waals surface area contributed by atoms with E-state index in [0.29, 0.717) is 6.10 Å². The third kappa shape index (κ3) is 0.859. The Balaban J connectivity index is 2.25. The second kappa shape index (κ2) is 2.15. The summed E-state index contributed by atoms with van der Waals surface area (Å²) in [7, 11) is 0. The van der Waals surface area contributed by atoms with Gasteiger partial charge < -0.3 is 4.74 Å². The molecule has 1 heterocycles. The molecule has 0 amide bonds. The predicted octanol–water partition coefficient (Wildman–Crippen LogP) is 2.40. The smallest absolute Gasteiger partial charge is 0.118 e. The first-order valence-corrected chi connectivity index (χ1v) is 3.92. The van der Waals surface area contributed by atoms with Crippen LogP contribution in [0.4, 0.5) is 0 Å². The van der Waals surface area contributed by atoms with Gasteiger partial charge in [-0.05, 0) is 31.4 Å². The van der Waals surface area contributed by atoms with Crippen LogP contribution in [0, 0.1) is 0 Å². The first-order valence-electron chi connectivity index (χ1n) is 3.92. The fraction of sp³-hybridized carbons (Fsp3) is 0.556. The van der Waals surface area contributed by atoms with Crippen LogP contribution < -0.4 is 0 Å². The van der Waals surface area contributed by atoms with Gasteiger partial charge in [-0.1, -0.05) is 6.08 Å². The summed E-state index contributed by atoms with van der Waals surface area (Å²) in [5.74, 6) is 1.15. The zero-order valence-corrected chi connectivity index (χ0v) is 6.26.